The highest BCUT2D eigenvalue weighted by atomic mass is 16.6. The van der Waals surface area contributed by atoms with Crippen LogP contribution in [0.5, 0.6) is 11.5 Å². The van der Waals surface area contributed by atoms with Gasteiger partial charge in [0.05, 0.1) is 0 Å². The molecule has 1 aliphatic rings. The van der Waals surface area contributed by atoms with E-state index in [4.69, 9.17) is 14.0 Å². The fourth-order valence-electron chi connectivity index (χ4n) is 2.68. The van der Waals surface area contributed by atoms with Crippen LogP contribution in [0.4, 0.5) is 0 Å². The number of hydrogen-bond donors (Lipinski definition) is 0. The molecule has 0 aliphatic carbocycles. The summed E-state index contributed by atoms with van der Waals surface area (Å²) in [5, 5.41) is 8.17. The Kier molecular flexibility index (Phi) is 3.38. The van der Waals surface area contributed by atoms with Crippen molar-refractivity contribution in [2.75, 3.05) is 6.61 Å². The summed E-state index contributed by atoms with van der Waals surface area (Å²) in [7, 11) is 0. The largest absolute Gasteiger partial charge is 0.485 e. The van der Waals surface area contributed by atoms with Crippen molar-refractivity contribution in [3.63, 3.8) is 0 Å². The minimum Gasteiger partial charge on any atom is -0.485 e. The number of rotatable bonds is 3. The van der Waals surface area contributed by atoms with Gasteiger partial charge in [0.25, 0.3) is 5.89 Å². The molecule has 128 valence electrons. The second-order valence-electron chi connectivity index (χ2n) is 5.68. The summed E-state index contributed by atoms with van der Waals surface area (Å²) in [6, 6.07) is 13.0. The van der Waals surface area contributed by atoms with Gasteiger partial charge in [-0.2, -0.15) is 10.1 Å². The van der Waals surface area contributed by atoms with Gasteiger partial charge in [0.15, 0.2) is 17.3 Å². The van der Waals surface area contributed by atoms with E-state index in [0.717, 1.165) is 5.56 Å². The van der Waals surface area contributed by atoms with Crippen LogP contribution < -0.4 is 9.47 Å². The third-order valence-electron chi connectivity index (χ3n) is 3.97. The number of ether oxygens (including phenoxy) is 2. The third kappa shape index (κ3) is 2.57. The smallest absolute Gasteiger partial charge is 0.271 e. The Morgan fingerprint density at radius 3 is 2.77 bits per heavy atom. The zero-order valence-corrected chi connectivity index (χ0v) is 13.5. The Balaban J connectivity index is 1.37. The van der Waals surface area contributed by atoms with Crippen molar-refractivity contribution >= 4 is 0 Å². The summed E-state index contributed by atoms with van der Waals surface area (Å²) in [6.45, 7) is 0.315. The molecule has 1 aliphatic heterocycles. The first-order chi connectivity index (χ1) is 12.9. The second kappa shape index (κ2) is 5.99. The lowest BCUT2D eigenvalue weighted by molar-refractivity contribution is 0.0665. The van der Waals surface area contributed by atoms with E-state index < -0.39 is 6.10 Å². The van der Waals surface area contributed by atoms with Gasteiger partial charge >= 0.3 is 0 Å². The van der Waals surface area contributed by atoms with Crippen molar-refractivity contribution in [2.24, 2.45) is 0 Å². The first-order valence-electron chi connectivity index (χ1n) is 8.05. The normalized spacial score (nSPS) is 15.8. The van der Waals surface area contributed by atoms with Gasteiger partial charge in [-0.15, -0.1) is 0 Å². The summed E-state index contributed by atoms with van der Waals surface area (Å²) in [6.07, 6.45) is 4.76. The molecule has 4 heterocycles. The van der Waals surface area contributed by atoms with Crippen LogP contribution in [0.1, 0.15) is 12.0 Å². The van der Waals surface area contributed by atoms with Gasteiger partial charge in [-0.25, -0.2) is 9.67 Å². The molecule has 0 N–H and O–H groups in total. The number of hydrogen-bond acceptors (Lipinski definition) is 7. The Hall–Kier alpha value is -3.68. The van der Waals surface area contributed by atoms with Crippen LogP contribution in [0.2, 0.25) is 0 Å². The van der Waals surface area contributed by atoms with Gasteiger partial charge in [-0.05, 0) is 30.3 Å². The molecule has 3 aromatic heterocycles. The topological polar surface area (TPSA) is 88.1 Å². The molecule has 1 unspecified atom stereocenters. The predicted molar refractivity (Wildman–Crippen MR) is 90.0 cm³/mol. The van der Waals surface area contributed by atoms with Crippen molar-refractivity contribution in [1.82, 2.24) is 24.9 Å². The molecule has 0 amide bonds. The summed E-state index contributed by atoms with van der Waals surface area (Å²) in [5.41, 5.74) is 0.744. The van der Waals surface area contributed by atoms with E-state index in [0.29, 0.717) is 35.6 Å². The molecule has 8 heteroatoms. The van der Waals surface area contributed by atoms with E-state index in [1.807, 2.05) is 48.7 Å². The van der Waals surface area contributed by atoms with E-state index in [9.17, 15) is 0 Å². The maximum atomic E-state index is 5.89. The number of nitrogens with zero attached hydrogens (tertiary/aromatic N) is 5. The number of aromatic nitrogens is 5. The van der Waals surface area contributed by atoms with Crippen molar-refractivity contribution in [3.8, 4) is 28.7 Å². The van der Waals surface area contributed by atoms with E-state index in [1.54, 1.807) is 17.1 Å². The van der Waals surface area contributed by atoms with Crippen LogP contribution in [0.15, 0.2) is 65.6 Å². The fourth-order valence-corrected chi connectivity index (χ4v) is 2.68. The highest BCUT2D eigenvalue weighted by Crippen LogP contribution is 2.35. The van der Waals surface area contributed by atoms with Crippen molar-refractivity contribution in [1.29, 1.82) is 0 Å². The van der Waals surface area contributed by atoms with E-state index in [2.05, 4.69) is 20.2 Å². The average Bonchev–Trinajstić information content (AvgIpc) is 3.40. The first-order valence-corrected chi connectivity index (χ1v) is 8.05. The lowest BCUT2D eigenvalue weighted by Gasteiger charge is -2.23. The Morgan fingerprint density at radius 1 is 1.04 bits per heavy atom. The van der Waals surface area contributed by atoms with Gasteiger partial charge < -0.3 is 14.0 Å². The maximum absolute atomic E-state index is 5.89. The SMILES string of the molecule is c1ccc2c(c1)OCC(c1nc(-c3ccc(-n4cccn4)nc3)no1)O2. The molecule has 0 radical (unpaired) electrons. The molecule has 0 spiro atoms. The maximum Gasteiger partial charge on any atom is 0.271 e. The zero-order chi connectivity index (χ0) is 17.3. The molecular formula is C18H13N5O3. The third-order valence-corrected chi connectivity index (χ3v) is 3.97. The molecule has 1 atom stereocenters. The molecule has 0 fully saturated rings. The summed E-state index contributed by atoms with van der Waals surface area (Å²) in [5.74, 6) is 2.89. The second-order valence-corrected chi connectivity index (χ2v) is 5.68. The number of fused-ring (bicyclic) bond motifs is 1. The predicted octanol–water partition coefficient (Wildman–Crippen LogP) is 2.83. The highest BCUT2D eigenvalue weighted by molar-refractivity contribution is 5.53. The van der Waals surface area contributed by atoms with E-state index >= 15 is 0 Å². The molecule has 0 saturated heterocycles. The molecule has 8 nitrogen and oxygen atoms in total. The van der Waals surface area contributed by atoms with Crippen LogP contribution in [-0.4, -0.2) is 31.5 Å². The minimum absolute atomic E-state index is 0.315. The Labute approximate surface area is 148 Å². The fraction of sp³-hybridized carbons (Fsp3) is 0.111. The molecular weight excluding hydrogens is 334 g/mol. The molecule has 0 saturated carbocycles. The Bertz CT molecular complexity index is 1030. The van der Waals surface area contributed by atoms with Gasteiger partial charge in [-0.1, -0.05) is 17.3 Å². The quantitative estimate of drug-likeness (QED) is 0.563. The van der Waals surface area contributed by atoms with Crippen LogP contribution >= 0.6 is 0 Å². The number of pyridine rings is 1. The lowest BCUT2D eigenvalue weighted by Crippen LogP contribution is -2.21. The standard InChI is InChI=1S/C18H13N5O3/c1-2-5-14-13(4-1)24-11-15(25-14)18-21-17(22-26-18)12-6-7-16(19-10-12)23-9-3-8-20-23/h1-10,15H,11H2. The van der Waals surface area contributed by atoms with Crippen LogP contribution in [0, 0.1) is 0 Å². The first kappa shape index (κ1) is 14.6. The molecule has 26 heavy (non-hydrogen) atoms. The van der Waals surface area contributed by atoms with Crippen molar-refractivity contribution in [2.45, 2.75) is 6.10 Å². The minimum atomic E-state index is -0.442. The van der Waals surface area contributed by atoms with Crippen molar-refractivity contribution in [3.05, 3.63) is 66.9 Å². The Morgan fingerprint density at radius 2 is 1.96 bits per heavy atom. The van der Waals surface area contributed by atoms with Gasteiger partial charge in [0, 0.05) is 24.2 Å². The number of para-hydroxylation sites is 2. The lowest BCUT2D eigenvalue weighted by atomic mass is 10.2. The molecule has 1 aromatic carbocycles. The van der Waals surface area contributed by atoms with Crippen LogP contribution in [-0.2, 0) is 0 Å². The average molecular weight is 347 g/mol. The van der Waals surface area contributed by atoms with Crippen LogP contribution in [0.3, 0.4) is 0 Å². The van der Waals surface area contributed by atoms with E-state index in [1.165, 1.54) is 0 Å². The van der Waals surface area contributed by atoms with Gasteiger partial charge in [0.1, 0.15) is 6.61 Å². The molecule has 0 bridgehead atoms. The van der Waals surface area contributed by atoms with Gasteiger partial charge in [0.2, 0.25) is 11.9 Å². The monoisotopic (exact) mass is 347 g/mol. The van der Waals surface area contributed by atoms with Gasteiger partial charge in [-0.3, -0.25) is 0 Å². The summed E-state index contributed by atoms with van der Waals surface area (Å²) in [4.78, 5) is 8.80. The summed E-state index contributed by atoms with van der Waals surface area (Å²) < 4.78 is 18.6. The molecule has 4 aromatic rings. The highest BCUT2D eigenvalue weighted by Gasteiger charge is 2.27. The van der Waals surface area contributed by atoms with E-state index in [-0.39, 0.29) is 0 Å². The zero-order valence-electron chi connectivity index (χ0n) is 13.5. The van der Waals surface area contributed by atoms with Crippen molar-refractivity contribution < 1.29 is 14.0 Å². The number of benzene rings is 1. The van der Waals surface area contributed by atoms with Crippen LogP contribution in [0.25, 0.3) is 17.2 Å². The molecule has 5 rings (SSSR count). The summed E-state index contributed by atoms with van der Waals surface area (Å²) >= 11 is 0.